The fourth-order valence-electron chi connectivity index (χ4n) is 1.96. The van der Waals surface area contributed by atoms with Crippen LogP contribution in [0.1, 0.15) is 37.2 Å². The Labute approximate surface area is 133 Å². The number of nitrogens with zero attached hydrogens (tertiary/aromatic N) is 2. The van der Waals surface area contributed by atoms with Gasteiger partial charge in [-0.25, -0.2) is 4.98 Å². The van der Waals surface area contributed by atoms with Crippen LogP contribution in [0.4, 0.5) is 0 Å². The molecule has 0 spiro atoms. The van der Waals surface area contributed by atoms with Gasteiger partial charge in [-0.3, -0.25) is 9.59 Å². The quantitative estimate of drug-likeness (QED) is 0.704. The maximum atomic E-state index is 12.5. The Morgan fingerprint density at radius 1 is 1.33 bits per heavy atom. The molecular formula is C15H21BrN2O3. The number of amides is 1. The lowest BCUT2D eigenvalue weighted by Crippen LogP contribution is -2.39. The van der Waals surface area contributed by atoms with E-state index in [1.807, 2.05) is 0 Å². The molecular weight excluding hydrogens is 336 g/mol. The van der Waals surface area contributed by atoms with E-state index in [4.69, 9.17) is 0 Å². The van der Waals surface area contributed by atoms with Crippen molar-refractivity contribution in [2.45, 2.75) is 26.7 Å². The lowest BCUT2D eigenvalue weighted by atomic mass is 10.0. The summed E-state index contributed by atoms with van der Waals surface area (Å²) in [4.78, 5) is 29.7. The molecule has 0 aliphatic heterocycles. The van der Waals surface area contributed by atoms with E-state index in [0.29, 0.717) is 18.2 Å². The van der Waals surface area contributed by atoms with Gasteiger partial charge in [0.15, 0.2) is 0 Å². The summed E-state index contributed by atoms with van der Waals surface area (Å²) in [5, 5.41) is 0. The molecule has 1 rings (SSSR count). The normalized spacial score (nSPS) is 10.5. The summed E-state index contributed by atoms with van der Waals surface area (Å²) in [6.45, 7) is 4.63. The molecule has 0 N–H and O–H groups in total. The number of aromatic nitrogens is 1. The predicted octanol–water partition coefficient (Wildman–Crippen LogP) is 2.90. The molecule has 0 saturated carbocycles. The van der Waals surface area contributed by atoms with E-state index in [2.05, 4.69) is 39.5 Å². The summed E-state index contributed by atoms with van der Waals surface area (Å²) in [6.07, 6.45) is 3.48. The molecule has 0 atom stereocenters. The van der Waals surface area contributed by atoms with Crippen LogP contribution in [0.5, 0.6) is 0 Å². The largest absolute Gasteiger partial charge is 0.468 e. The van der Waals surface area contributed by atoms with Crippen LogP contribution in [0.2, 0.25) is 0 Å². The Bertz CT molecular complexity index is 472. The van der Waals surface area contributed by atoms with Gasteiger partial charge in [0.1, 0.15) is 12.2 Å². The first kappa shape index (κ1) is 17.6. The second-order valence-corrected chi connectivity index (χ2v) is 5.72. The first-order valence-electron chi connectivity index (χ1n) is 6.99. The third-order valence-electron chi connectivity index (χ3n) is 3.41. The lowest BCUT2D eigenvalue weighted by molar-refractivity contribution is -0.141. The van der Waals surface area contributed by atoms with E-state index in [1.54, 1.807) is 18.3 Å². The first-order valence-corrected chi connectivity index (χ1v) is 7.78. The average molecular weight is 357 g/mol. The first-order chi connectivity index (χ1) is 10.0. The number of hydrogen-bond donors (Lipinski definition) is 0. The second-order valence-electron chi connectivity index (χ2n) is 4.81. The van der Waals surface area contributed by atoms with Crippen LogP contribution in [-0.4, -0.2) is 42.0 Å². The fraction of sp³-hybridized carbons (Fsp3) is 0.533. The Morgan fingerprint density at radius 3 is 2.48 bits per heavy atom. The summed E-state index contributed by atoms with van der Waals surface area (Å²) >= 11 is 3.28. The van der Waals surface area contributed by atoms with Crippen LogP contribution < -0.4 is 0 Å². The summed E-state index contributed by atoms with van der Waals surface area (Å²) in [7, 11) is 1.32. The monoisotopic (exact) mass is 356 g/mol. The zero-order valence-corrected chi connectivity index (χ0v) is 14.2. The molecule has 21 heavy (non-hydrogen) atoms. The van der Waals surface area contributed by atoms with E-state index >= 15 is 0 Å². The summed E-state index contributed by atoms with van der Waals surface area (Å²) in [5.74, 6) is -0.319. The Hall–Kier alpha value is -1.43. The molecule has 0 bridgehead atoms. The van der Waals surface area contributed by atoms with Crippen molar-refractivity contribution in [3.05, 3.63) is 28.5 Å². The van der Waals surface area contributed by atoms with Crippen molar-refractivity contribution in [2.75, 3.05) is 20.2 Å². The van der Waals surface area contributed by atoms with Crippen molar-refractivity contribution in [1.82, 2.24) is 9.88 Å². The van der Waals surface area contributed by atoms with E-state index in [0.717, 1.165) is 17.3 Å². The number of carbonyl (C=O) groups excluding carboxylic acids is 2. The lowest BCUT2D eigenvalue weighted by Gasteiger charge is -2.25. The van der Waals surface area contributed by atoms with Gasteiger partial charge in [-0.1, -0.05) is 26.7 Å². The molecule has 0 aliphatic carbocycles. The van der Waals surface area contributed by atoms with Crippen LogP contribution in [0.25, 0.3) is 0 Å². The van der Waals surface area contributed by atoms with Crippen LogP contribution in [-0.2, 0) is 9.53 Å². The molecule has 0 radical (unpaired) electrons. The second kappa shape index (κ2) is 8.77. The molecule has 1 aromatic rings. The van der Waals surface area contributed by atoms with Crippen molar-refractivity contribution >= 4 is 27.8 Å². The highest BCUT2D eigenvalue weighted by Gasteiger charge is 2.22. The topological polar surface area (TPSA) is 59.5 Å². The van der Waals surface area contributed by atoms with Crippen molar-refractivity contribution in [2.24, 2.45) is 5.92 Å². The van der Waals surface area contributed by atoms with Crippen molar-refractivity contribution < 1.29 is 14.3 Å². The average Bonchev–Trinajstić information content (AvgIpc) is 2.51. The molecule has 1 aromatic heterocycles. The number of pyridine rings is 1. The Morgan fingerprint density at radius 2 is 2.00 bits per heavy atom. The molecule has 0 fully saturated rings. The number of rotatable bonds is 7. The number of halogens is 1. The maximum Gasteiger partial charge on any atom is 0.325 e. The van der Waals surface area contributed by atoms with Gasteiger partial charge < -0.3 is 9.64 Å². The molecule has 0 aromatic carbocycles. The molecule has 0 aliphatic rings. The molecule has 0 unspecified atom stereocenters. The number of ether oxygens (including phenoxy) is 1. The smallest absolute Gasteiger partial charge is 0.325 e. The van der Waals surface area contributed by atoms with E-state index in [-0.39, 0.29) is 12.5 Å². The molecule has 1 heterocycles. The summed E-state index contributed by atoms with van der Waals surface area (Å²) in [5.41, 5.74) is 0.327. The number of carbonyl (C=O) groups is 2. The van der Waals surface area contributed by atoms with Crippen molar-refractivity contribution in [3.63, 3.8) is 0 Å². The predicted molar refractivity (Wildman–Crippen MR) is 83.9 cm³/mol. The van der Waals surface area contributed by atoms with Crippen LogP contribution in [0, 0.1) is 5.92 Å². The van der Waals surface area contributed by atoms with Gasteiger partial charge in [0.2, 0.25) is 0 Å². The van der Waals surface area contributed by atoms with Gasteiger partial charge in [-0.15, -0.1) is 0 Å². The molecule has 116 valence electrons. The van der Waals surface area contributed by atoms with Crippen LogP contribution >= 0.6 is 15.9 Å². The minimum Gasteiger partial charge on any atom is -0.468 e. The highest BCUT2D eigenvalue weighted by Crippen LogP contribution is 2.14. The minimum atomic E-state index is -0.425. The number of hydrogen-bond acceptors (Lipinski definition) is 4. The van der Waals surface area contributed by atoms with Crippen LogP contribution in [0.15, 0.2) is 22.8 Å². The Kier molecular flexibility index (Phi) is 7.36. The van der Waals surface area contributed by atoms with Gasteiger partial charge in [-0.2, -0.15) is 0 Å². The molecule has 6 heteroatoms. The maximum absolute atomic E-state index is 12.5. The number of esters is 1. The number of methoxy groups -OCH3 is 1. The van der Waals surface area contributed by atoms with Crippen LogP contribution in [0.3, 0.4) is 0 Å². The summed E-state index contributed by atoms with van der Waals surface area (Å²) in [6, 6.07) is 3.40. The van der Waals surface area contributed by atoms with Gasteiger partial charge in [-0.05, 0) is 34.0 Å². The third-order valence-corrected chi connectivity index (χ3v) is 3.88. The Balaban J connectivity index is 2.90. The standard InChI is InChI=1S/C15H21BrN2O3/c1-4-11(5-2)9-18(10-14(19)21-3)15(20)13-7-6-12(16)8-17-13/h6-8,11H,4-5,9-10H2,1-3H3. The SMILES string of the molecule is CCC(CC)CN(CC(=O)OC)C(=O)c1ccc(Br)cn1. The minimum absolute atomic E-state index is 0.0520. The van der Waals surface area contributed by atoms with E-state index < -0.39 is 5.97 Å². The molecule has 1 amide bonds. The highest BCUT2D eigenvalue weighted by atomic mass is 79.9. The zero-order valence-electron chi connectivity index (χ0n) is 12.6. The zero-order chi connectivity index (χ0) is 15.8. The van der Waals surface area contributed by atoms with Gasteiger partial charge in [0.25, 0.3) is 5.91 Å². The van der Waals surface area contributed by atoms with Gasteiger partial charge >= 0.3 is 5.97 Å². The van der Waals surface area contributed by atoms with E-state index in [9.17, 15) is 9.59 Å². The highest BCUT2D eigenvalue weighted by molar-refractivity contribution is 9.10. The van der Waals surface area contributed by atoms with Crippen molar-refractivity contribution in [1.29, 1.82) is 0 Å². The fourth-order valence-corrected chi connectivity index (χ4v) is 2.20. The van der Waals surface area contributed by atoms with Gasteiger partial charge in [0.05, 0.1) is 7.11 Å². The molecule has 0 saturated heterocycles. The third kappa shape index (κ3) is 5.46. The molecule has 5 nitrogen and oxygen atoms in total. The van der Waals surface area contributed by atoms with Gasteiger partial charge in [0, 0.05) is 17.2 Å². The summed E-state index contributed by atoms with van der Waals surface area (Å²) < 4.78 is 5.48. The van der Waals surface area contributed by atoms with Crippen molar-refractivity contribution in [3.8, 4) is 0 Å². The van der Waals surface area contributed by atoms with E-state index in [1.165, 1.54) is 12.0 Å².